The van der Waals surface area contributed by atoms with Gasteiger partial charge in [-0.1, -0.05) is 5.21 Å². The molecule has 0 radical (unpaired) electrons. The van der Waals surface area contributed by atoms with Crippen LogP contribution < -0.4 is 0 Å². The van der Waals surface area contributed by atoms with E-state index in [1.807, 2.05) is 10.9 Å². The van der Waals surface area contributed by atoms with Crippen LogP contribution in [0.1, 0.15) is 25.7 Å². The highest BCUT2D eigenvalue weighted by Crippen LogP contribution is 2.18. The molecule has 1 fully saturated rings. The Morgan fingerprint density at radius 3 is 3.06 bits per heavy atom. The van der Waals surface area contributed by atoms with E-state index in [1.165, 1.54) is 19.4 Å². The van der Waals surface area contributed by atoms with Gasteiger partial charge in [0.1, 0.15) is 0 Å². The van der Waals surface area contributed by atoms with Crippen molar-refractivity contribution >= 4 is 0 Å². The van der Waals surface area contributed by atoms with Gasteiger partial charge in [-0.2, -0.15) is 0 Å². The lowest BCUT2D eigenvalue weighted by Crippen LogP contribution is -2.37. The van der Waals surface area contributed by atoms with Gasteiger partial charge in [-0.15, -0.1) is 5.10 Å². The first-order valence-electron chi connectivity index (χ1n) is 6.56. The molecule has 0 aromatic carbocycles. The van der Waals surface area contributed by atoms with Crippen LogP contribution in [0.25, 0.3) is 0 Å². The van der Waals surface area contributed by atoms with Gasteiger partial charge in [0.15, 0.2) is 0 Å². The van der Waals surface area contributed by atoms with Crippen molar-refractivity contribution in [3.63, 3.8) is 0 Å². The second kappa shape index (κ2) is 6.71. The molecule has 5 nitrogen and oxygen atoms in total. The first-order chi connectivity index (χ1) is 8.38. The highest BCUT2D eigenvalue weighted by atomic mass is 16.2. The number of hydrogen-bond acceptors (Lipinski definition) is 4. The second-order valence-electron chi connectivity index (χ2n) is 4.86. The van der Waals surface area contributed by atoms with Crippen molar-refractivity contribution in [3.05, 3.63) is 12.4 Å². The normalized spacial score (nSPS) is 21.8. The van der Waals surface area contributed by atoms with Gasteiger partial charge in [-0.25, -0.2) is 0 Å². The highest BCUT2D eigenvalue weighted by molar-refractivity contribution is 4.74. The van der Waals surface area contributed by atoms with E-state index in [4.69, 9.17) is 5.11 Å². The molecule has 2 heterocycles. The minimum absolute atomic E-state index is 0.316. The average Bonchev–Trinajstić information content (AvgIpc) is 2.83. The topological polar surface area (TPSA) is 54.2 Å². The van der Waals surface area contributed by atoms with Crippen molar-refractivity contribution in [2.75, 3.05) is 26.2 Å². The van der Waals surface area contributed by atoms with E-state index in [9.17, 15) is 0 Å². The highest BCUT2D eigenvalue weighted by Gasteiger charge is 2.19. The van der Waals surface area contributed by atoms with E-state index in [0.29, 0.717) is 12.5 Å². The Bertz CT molecular complexity index is 301. The number of nitrogens with zero attached hydrogens (tertiary/aromatic N) is 4. The first-order valence-corrected chi connectivity index (χ1v) is 6.56. The molecule has 5 heteroatoms. The summed E-state index contributed by atoms with van der Waals surface area (Å²) in [5, 5.41) is 16.6. The van der Waals surface area contributed by atoms with Gasteiger partial charge in [0.2, 0.25) is 0 Å². The second-order valence-corrected chi connectivity index (χ2v) is 4.86. The summed E-state index contributed by atoms with van der Waals surface area (Å²) in [6.07, 6.45) is 8.26. The number of aliphatic hydroxyl groups excluding tert-OH is 1. The zero-order valence-electron chi connectivity index (χ0n) is 10.3. The predicted octanol–water partition coefficient (Wildman–Crippen LogP) is 0.763. The largest absolute Gasteiger partial charge is 0.396 e. The third kappa shape index (κ3) is 4.09. The number of likely N-dealkylation sites (tertiary alicyclic amines) is 1. The summed E-state index contributed by atoms with van der Waals surface area (Å²) < 4.78 is 1.93. The van der Waals surface area contributed by atoms with Crippen molar-refractivity contribution in [2.24, 2.45) is 5.92 Å². The molecule has 2 rings (SSSR count). The Hall–Kier alpha value is -0.940. The fraction of sp³-hybridized carbons (Fsp3) is 0.833. The molecule has 1 atom stereocenters. The molecule has 1 saturated heterocycles. The number of hydrogen-bond donors (Lipinski definition) is 1. The average molecular weight is 238 g/mol. The maximum absolute atomic E-state index is 8.78. The van der Waals surface area contributed by atoms with Crippen LogP contribution in [0.3, 0.4) is 0 Å². The van der Waals surface area contributed by atoms with Crippen LogP contribution in [0.2, 0.25) is 0 Å². The zero-order chi connectivity index (χ0) is 11.9. The van der Waals surface area contributed by atoms with Crippen molar-refractivity contribution < 1.29 is 5.11 Å². The number of aliphatic hydroxyl groups is 1. The van der Waals surface area contributed by atoms with E-state index in [0.717, 1.165) is 32.5 Å². The molecule has 1 unspecified atom stereocenters. The Labute approximate surface area is 102 Å². The lowest BCUT2D eigenvalue weighted by molar-refractivity contribution is 0.153. The first kappa shape index (κ1) is 12.5. The summed E-state index contributed by atoms with van der Waals surface area (Å²) in [5.74, 6) is 0.694. The number of unbranched alkanes of at least 4 members (excludes halogenated alkanes) is 1. The minimum Gasteiger partial charge on any atom is -0.396 e. The van der Waals surface area contributed by atoms with Gasteiger partial charge in [0.25, 0.3) is 0 Å². The smallest absolute Gasteiger partial charge is 0.0692 e. The Morgan fingerprint density at radius 2 is 2.29 bits per heavy atom. The Kier molecular flexibility index (Phi) is 4.94. The van der Waals surface area contributed by atoms with Crippen molar-refractivity contribution in [1.29, 1.82) is 0 Å². The third-order valence-corrected chi connectivity index (χ3v) is 3.40. The molecular weight excluding hydrogens is 216 g/mol. The predicted molar refractivity (Wildman–Crippen MR) is 65.5 cm³/mol. The summed E-state index contributed by atoms with van der Waals surface area (Å²) in [6.45, 7) is 4.78. The summed E-state index contributed by atoms with van der Waals surface area (Å²) in [7, 11) is 0. The summed E-state index contributed by atoms with van der Waals surface area (Å²) in [4.78, 5) is 2.51. The molecule has 96 valence electrons. The number of rotatable bonds is 6. The number of aromatic nitrogens is 3. The zero-order valence-corrected chi connectivity index (χ0v) is 10.3. The van der Waals surface area contributed by atoms with E-state index in [2.05, 4.69) is 15.2 Å². The molecule has 1 aromatic rings. The van der Waals surface area contributed by atoms with E-state index >= 15 is 0 Å². The molecule has 17 heavy (non-hydrogen) atoms. The fourth-order valence-electron chi connectivity index (χ4n) is 2.55. The van der Waals surface area contributed by atoms with Crippen molar-refractivity contribution in [1.82, 2.24) is 19.9 Å². The lowest BCUT2D eigenvalue weighted by Gasteiger charge is -2.32. The quantitative estimate of drug-likeness (QED) is 0.744. The van der Waals surface area contributed by atoms with Gasteiger partial charge in [0, 0.05) is 25.9 Å². The van der Waals surface area contributed by atoms with Crippen LogP contribution in [-0.2, 0) is 6.54 Å². The van der Waals surface area contributed by atoms with Gasteiger partial charge >= 0.3 is 0 Å². The molecule has 0 amide bonds. The van der Waals surface area contributed by atoms with Crippen molar-refractivity contribution in [3.8, 4) is 0 Å². The molecule has 1 aromatic heterocycles. The lowest BCUT2D eigenvalue weighted by atomic mass is 9.98. The van der Waals surface area contributed by atoms with Gasteiger partial charge < -0.3 is 10.0 Å². The van der Waals surface area contributed by atoms with E-state index < -0.39 is 0 Å². The molecule has 0 saturated carbocycles. The van der Waals surface area contributed by atoms with Gasteiger partial charge in [-0.05, 0) is 44.7 Å². The molecule has 0 bridgehead atoms. The monoisotopic (exact) mass is 238 g/mol. The van der Waals surface area contributed by atoms with E-state index in [-0.39, 0.29) is 0 Å². The van der Waals surface area contributed by atoms with Gasteiger partial charge in [-0.3, -0.25) is 4.68 Å². The van der Waals surface area contributed by atoms with Gasteiger partial charge in [0.05, 0.1) is 6.20 Å². The molecule has 1 aliphatic heterocycles. The van der Waals surface area contributed by atoms with E-state index in [1.54, 1.807) is 6.20 Å². The number of piperidine rings is 1. The van der Waals surface area contributed by atoms with Crippen LogP contribution in [0.4, 0.5) is 0 Å². The summed E-state index contributed by atoms with van der Waals surface area (Å²) in [6, 6.07) is 0. The summed E-state index contributed by atoms with van der Waals surface area (Å²) >= 11 is 0. The SMILES string of the molecule is OCCCCN1CCCC(Cn2ccnn2)C1. The Morgan fingerprint density at radius 1 is 1.35 bits per heavy atom. The minimum atomic E-state index is 0.316. The van der Waals surface area contributed by atoms with Crippen LogP contribution >= 0.6 is 0 Å². The molecule has 1 aliphatic rings. The molecular formula is C12H22N4O. The molecule has 1 N–H and O–H groups in total. The van der Waals surface area contributed by atoms with Crippen LogP contribution in [-0.4, -0.2) is 51.2 Å². The molecule has 0 aliphatic carbocycles. The maximum atomic E-state index is 8.78. The van der Waals surface area contributed by atoms with Crippen LogP contribution in [0.15, 0.2) is 12.4 Å². The maximum Gasteiger partial charge on any atom is 0.0692 e. The third-order valence-electron chi connectivity index (χ3n) is 3.40. The van der Waals surface area contributed by atoms with Crippen LogP contribution in [0, 0.1) is 5.92 Å². The summed E-state index contributed by atoms with van der Waals surface area (Å²) in [5.41, 5.74) is 0. The fourth-order valence-corrected chi connectivity index (χ4v) is 2.55. The standard InChI is InChI=1S/C12H22N4O/c17-9-2-1-6-15-7-3-4-12(10-15)11-16-8-5-13-14-16/h5,8,12,17H,1-4,6-7,9-11H2. The Balaban J connectivity index is 1.72. The van der Waals surface area contributed by atoms with Crippen molar-refractivity contribution in [2.45, 2.75) is 32.2 Å². The molecule has 0 spiro atoms. The van der Waals surface area contributed by atoms with Crippen LogP contribution in [0.5, 0.6) is 0 Å².